The smallest absolute Gasteiger partial charge is 0.222 e. The maximum atomic E-state index is 4.59. The fourth-order valence-corrected chi connectivity index (χ4v) is 2.20. The Morgan fingerprint density at radius 1 is 1.05 bits per heavy atom. The zero-order valence-corrected chi connectivity index (χ0v) is 11.0. The lowest BCUT2D eigenvalue weighted by Crippen LogP contribution is -2.06. The quantitative estimate of drug-likeness (QED) is 0.613. The Balaban J connectivity index is 1.78. The molecule has 0 saturated carbocycles. The molecule has 0 atom stereocenters. The van der Waals surface area contributed by atoms with E-state index in [0.29, 0.717) is 18.0 Å². The number of nitrogens with zero attached hydrogens (tertiary/aromatic N) is 6. The van der Waals surface area contributed by atoms with E-state index in [-0.39, 0.29) is 0 Å². The first kappa shape index (κ1) is 11.7. The zero-order chi connectivity index (χ0) is 14.1. The summed E-state index contributed by atoms with van der Waals surface area (Å²) in [6.07, 6.45) is 1.76. The van der Waals surface area contributed by atoms with Gasteiger partial charge in [-0.05, 0) is 34.7 Å². The highest BCUT2D eigenvalue weighted by atomic mass is 15.5. The van der Waals surface area contributed by atoms with Gasteiger partial charge in [0.25, 0.3) is 0 Å². The number of nitrogens with one attached hydrogen (secondary N) is 1. The maximum Gasteiger partial charge on any atom is 0.222 e. The molecule has 4 aromatic rings. The van der Waals surface area contributed by atoms with E-state index in [9.17, 15) is 0 Å². The third-order valence-corrected chi connectivity index (χ3v) is 3.19. The Bertz CT molecular complexity index is 901. The molecule has 0 bridgehead atoms. The van der Waals surface area contributed by atoms with Crippen LogP contribution >= 0.6 is 0 Å². The van der Waals surface area contributed by atoms with E-state index < -0.39 is 0 Å². The van der Waals surface area contributed by atoms with E-state index in [1.165, 1.54) is 0 Å². The van der Waals surface area contributed by atoms with Gasteiger partial charge in [0.15, 0.2) is 5.82 Å². The number of para-hydroxylation sites is 2. The highest BCUT2D eigenvalue weighted by molar-refractivity contribution is 5.81. The van der Waals surface area contributed by atoms with E-state index in [1.54, 1.807) is 10.7 Å². The summed E-state index contributed by atoms with van der Waals surface area (Å²) < 4.78 is 1.68. The molecule has 1 aromatic carbocycles. The first-order valence-electron chi connectivity index (χ1n) is 6.52. The van der Waals surface area contributed by atoms with Crippen molar-refractivity contribution in [3.8, 4) is 0 Å². The largest absolute Gasteiger partial charge is 0.361 e. The molecular weight excluding hydrogens is 266 g/mol. The third kappa shape index (κ3) is 2.04. The first-order valence-corrected chi connectivity index (χ1v) is 6.52. The van der Waals surface area contributed by atoms with E-state index in [4.69, 9.17) is 0 Å². The minimum absolute atomic E-state index is 0.564. The van der Waals surface area contributed by atoms with Crippen LogP contribution < -0.4 is 5.32 Å². The highest BCUT2D eigenvalue weighted by Crippen LogP contribution is 2.18. The summed E-state index contributed by atoms with van der Waals surface area (Å²) in [6, 6.07) is 13.5. The average Bonchev–Trinajstić information content (AvgIpc) is 3.04. The van der Waals surface area contributed by atoms with E-state index in [1.807, 2.05) is 42.5 Å². The van der Waals surface area contributed by atoms with Crippen LogP contribution in [-0.4, -0.2) is 30.0 Å². The molecule has 7 heteroatoms. The van der Waals surface area contributed by atoms with Crippen molar-refractivity contribution in [1.29, 1.82) is 0 Å². The van der Waals surface area contributed by atoms with Crippen LogP contribution in [0.25, 0.3) is 16.7 Å². The topological polar surface area (TPSA) is 80.9 Å². The lowest BCUT2D eigenvalue weighted by atomic mass is 10.3. The normalized spacial score (nSPS) is 11.0. The van der Waals surface area contributed by atoms with Crippen LogP contribution in [0.2, 0.25) is 0 Å². The molecule has 0 spiro atoms. The molecule has 7 nitrogen and oxygen atoms in total. The van der Waals surface area contributed by atoms with Crippen molar-refractivity contribution >= 4 is 22.5 Å². The van der Waals surface area contributed by atoms with Crippen LogP contribution in [0.15, 0.2) is 48.7 Å². The number of tetrazole rings is 1. The Labute approximate surface area is 119 Å². The summed E-state index contributed by atoms with van der Waals surface area (Å²) in [5, 5.41) is 15.0. The number of rotatable bonds is 3. The average molecular weight is 277 g/mol. The number of anilines is 1. The molecule has 1 N–H and O–H groups in total. The van der Waals surface area contributed by atoms with Gasteiger partial charge >= 0.3 is 0 Å². The number of hydrogen-bond donors (Lipinski definition) is 1. The van der Waals surface area contributed by atoms with Gasteiger partial charge in [-0.15, -0.1) is 5.10 Å². The zero-order valence-electron chi connectivity index (χ0n) is 11.0. The van der Waals surface area contributed by atoms with Crippen LogP contribution in [0, 0.1) is 0 Å². The molecule has 0 aliphatic rings. The third-order valence-electron chi connectivity index (χ3n) is 3.19. The van der Waals surface area contributed by atoms with E-state index in [0.717, 1.165) is 16.7 Å². The molecule has 4 rings (SSSR count). The minimum Gasteiger partial charge on any atom is -0.361 e. The Morgan fingerprint density at radius 3 is 2.86 bits per heavy atom. The molecule has 0 aliphatic carbocycles. The van der Waals surface area contributed by atoms with Crippen LogP contribution in [-0.2, 0) is 6.54 Å². The summed E-state index contributed by atoms with van der Waals surface area (Å²) in [5.74, 6) is 0.643. The van der Waals surface area contributed by atoms with Gasteiger partial charge in [0.05, 0.1) is 23.3 Å². The molecule has 3 heterocycles. The van der Waals surface area contributed by atoms with Gasteiger partial charge in [-0.25, -0.2) is 4.98 Å². The monoisotopic (exact) mass is 277 g/mol. The lowest BCUT2D eigenvalue weighted by Gasteiger charge is -2.07. The van der Waals surface area contributed by atoms with Gasteiger partial charge in [-0.1, -0.05) is 18.2 Å². The molecular formula is C14H11N7. The summed E-state index contributed by atoms with van der Waals surface area (Å²) in [5.41, 5.74) is 3.24. The number of benzene rings is 1. The van der Waals surface area contributed by atoms with Gasteiger partial charge in [0.1, 0.15) is 0 Å². The first-order chi connectivity index (χ1) is 10.4. The predicted octanol–water partition coefficient (Wildman–Crippen LogP) is 1.68. The second-order valence-electron chi connectivity index (χ2n) is 4.54. The van der Waals surface area contributed by atoms with Crippen LogP contribution in [0.4, 0.5) is 5.82 Å². The van der Waals surface area contributed by atoms with Crippen molar-refractivity contribution < 1.29 is 0 Å². The number of hydrogen-bond acceptors (Lipinski definition) is 6. The number of fused-ring (bicyclic) bond motifs is 3. The van der Waals surface area contributed by atoms with Crippen LogP contribution in [0.1, 0.15) is 5.69 Å². The molecule has 0 saturated heterocycles. The van der Waals surface area contributed by atoms with Gasteiger partial charge in [0.2, 0.25) is 5.65 Å². The molecule has 21 heavy (non-hydrogen) atoms. The van der Waals surface area contributed by atoms with E-state index >= 15 is 0 Å². The standard InChI is InChI=1S/C14H11N7/c1-2-7-12-11(6-1)17-13(14-18-19-20-21(12)14)16-9-10-5-3-4-8-15-10/h1-8H,9H2,(H,16,17). The Morgan fingerprint density at radius 2 is 1.95 bits per heavy atom. The summed E-state index contributed by atoms with van der Waals surface area (Å²) in [4.78, 5) is 8.86. The summed E-state index contributed by atoms with van der Waals surface area (Å²) in [7, 11) is 0. The van der Waals surface area contributed by atoms with Crippen molar-refractivity contribution in [2.45, 2.75) is 6.54 Å². The fourth-order valence-electron chi connectivity index (χ4n) is 2.20. The van der Waals surface area contributed by atoms with Gasteiger partial charge in [-0.2, -0.15) is 4.52 Å². The Kier molecular flexibility index (Phi) is 2.67. The second-order valence-corrected chi connectivity index (χ2v) is 4.54. The molecule has 0 unspecified atom stereocenters. The predicted molar refractivity (Wildman–Crippen MR) is 77.6 cm³/mol. The van der Waals surface area contributed by atoms with Crippen molar-refractivity contribution in [3.05, 3.63) is 54.4 Å². The molecule has 0 radical (unpaired) electrons. The minimum atomic E-state index is 0.564. The molecule has 0 amide bonds. The molecule has 0 fully saturated rings. The number of aromatic nitrogens is 6. The maximum absolute atomic E-state index is 4.59. The SMILES string of the molecule is c1ccc(CNc2nc3ccccc3n3nnnc23)nc1. The lowest BCUT2D eigenvalue weighted by molar-refractivity contribution is 0.840. The fraction of sp³-hybridized carbons (Fsp3) is 0.0714. The van der Waals surface area contributed by atoms with Crippen molar-refractivity contribution in [2.75, 3.05) is 5.32 Å². The Hall–Kier alpha value is -3.09. The van der Waals surface area contributed by atoms with Crippen molar-refractivity contribution in [2.24, 2.45) is 0 Å². The summed E-state index contributed by atoms with van der Waals surface area (Å²) in [6.45, 7) is 0.564. The van der Waals surface area contributed by atoms with Gasteiger partial charge < -0.3 is 5.32 Å². The summed E-state index contributed by atoms with van der Waals surface area (Å²) >= 11 is 0. The van der Waals surface area contributed by atoms with Crippen LogP contribution in [0.3, 0.4) is 0 Å². The van der Waals surface area contributed by atoms with Crippen molar-refractivity contribution in [1.82, 2.24) is 30.0 Å². The molecule has 102 valence electrons. The van der Waals surface area contributed by atoms with E-state index in [2.05, 4.69) is 30.8 Å². The van der Waals surface area contributed by atoms with Crippen LogP contribution in [0.5, 0.6) is 0 Å². The van der Waals surface area contributed by atoms with Gasteiger partial charge in [0, 0.05) is 6.20 Å². The van der Waals surface area contributed by atoms with Gasteiger partial charge in [-0.3, -0.25) is 4.98 Å². The molecule has 3 aromatic heterocycles. The number of pyridine rings is 1. The van der Waals surface area contributed by atoms with Crippen molar-refractivity contribution in [3.63, 3.8) is 0 Å². The second kappa shape index (κ2) is 4.78. The highest BCUT2D eigenvalue weighted by Gasteiger charge is 2.10. The molecule has 0 aliphatic heterocycles.